The maximum atomic E-state index is 13.6. The lowest BCUT2D eigenvalue weighted by atomic mass is 9.59. The van der Waals surface area contributed by atoms with Crippen LogP contribution in [0.1, 0.15) is 32.6 Å². The van der Waals surface area contributed by atoms with Gasteiger partial charge in [-0.15, -0.1) is 0 Å². The molecule has 16 heteroatoms. The Bertz CT molecular complexity index is 705. The number of hydrogen-bond donors (Lipinski definition) is 2. The first-order valence-corrected chi connectivity index (χ1v) is 8.52. The number of ether oxygens (including phenoxy) is 1. The van der Waals surface area contributed by atoms with Gasteiger partial charge in [-0.2, -0.15) is 52.7 Å². The Kier molecular flexibility index (Phi) is 7.04. The first-order chi connectivity index (χ1) is 13.9. The van der Waals surface area contributed by atoms with E-state index in [0.717, 1.165) is 0 Å². The second-order valence-corrected chi connectivity index (χ2v) is 7.33. The van der Waals surface area contributed by atoms with E-state index < -0.39 is 84.7 Å². The predicted octanol–water partition coefficient (Wildman–Crippen LogP) is 4.75. The molecule has 4 nitrogen and oxygen atoms in total. The second-order valence-electron chi connectivity index (χ2n) is 7.33. The minimum absolute atomic E-state index is 0.633. The SMILES string of the molecule is C=C(C)C(=O)OC1(C(O)(C(F)(F)F)C(F)(F)F)CCCCC1C(O)(C(F)(F)F)C(F)(F)F. The number of carbonyl (C=O) groups is 1. The van der Waals surface area contributed by atoms with Crippen LogP contribution >= 0.6 is 0 Å². The quantitative estimate of drug-likeness (QED) is 0.333. The molecule has 1 saturated carbocycles. The van der Waals surface area contributed by atoms with Crippen LogP contribution in [-0.2, 0) is 9.53 Å². The molecule has 0 spiro atoms. The topological polar surface area (TPSA) is 66.8 Å². The summed E-state index contributed by atoms with van der Waals surface area (Å²) in [4.78, 5) is 11.9. The molecule has 0 bridgehead atoms. The third-order valence-electron chi connectivity index (χ3n) is 5.28. The summed E-state index contributed by atoms with van der Waals surface area (Å²) in [5.41, 5.74) is -18.6. The maximum Gasteiger partial charge on any atom is 0.430 e. The van der Waals surface area contributed by atoms with Gasteiger partial charge in [0.25, 0.3) is 11.2 Å². The van der Waals surface area contributed by atoms with Crippen molar-refractivity contribution < 1.29 is 72.4 Å². The lowest BCUT2D eigenvalue weighted by Gasteiger charge is -2.56. The molecule has 1 aliphatic carbocycles. The van der Waals surface area contributed by atoms with E-state index in [-0.39, 0.29) is 0 Å². The molecule has 1 aliphatic rings. The second kappa shape index (κ2) is 7.95. The summed E-state index contributed by atoms with van der Waals surface area (Å²) in [6.45, 7) is 3.45. The number of rotatable bonds is 4. The Hall–Kier alpha value is -1.71. The van der Waals surface area contributed by atoms with Crippen molar-refractivity contribution in [2.24, 2.45) is 5.92 Å². The highest BCUT2D eigenvalue weighted by Crippen LogP contribution is 2.63. The molecule has 32 heavy (non-hydrogen) atoms. The molecule has 0 aliphatic heterocycles. The molecule has 2 atom stereocenters. The minimum atomic E-state index is -6.99. The number of aliphatic hydroxyl groups is 2. The van der Waals surface area contributed by atoms with Crippen LogP contribution in [0.25, 0.3) is 0 Å². The highest BCUT2D eigenvalue weighted by atomic mass is 19.4. The lowest BCUT2D eigenvalue weighted by molar-refractivity contribution is -0.453. The van der Waals surface area contributed by atoms with Crippen LogP contribution in [0, 0.1) is 5.92 Å². The van der Waals surface area contributed by atoms with Crippen molar-refractivity contribution in [2.45, 2.75) is 74.1 Å². The van der Waals surface area contributed by atoms with E-state index in [1.54, 1.807) is 0 Å². The molecule has 0 aromatic rings. The molecule has 2 N–H and O–H groups in total. The summed E-state index contributed by atoms with van der Waals surface area (Å²) < 4.78 is 166. The van der Waals surface area contributed by atoms with E-state index in [4.69, 9.17) is 0 Å². The van der Waals surface area contributed by atoms with E-state index in [1.807, 2.05) is 0 Å². The van der Waals surface area contributed by atoms with Gasteiger partial charge in [0.15, 0.2) is 5.60 Å². The fourth-order valence-corrected chi connectivity index (χ4v) is 3.77. The van der Waals surface area contributed by atoms with Crippen LogP contribution in [0.4, 0.5) is 52.7 Å². The third kappa shape index (κ3) is 4.03. The number of esters is 1. The van der Waals surface area contributed by atoms with E-state index in [9.17, 15) is 67.7 Å². The lowest BCUT2D eigenvalue weighted by Crippen LogP contribution is -2.80. The Balaban J connectivity index is 4.19. The van der Waals surface area contributed by atoms with Gasteiger partial charge in [-0.3, -0.25) is 0 Å². The molecule has 1 rings (SSSR count). The molecule has 0 heterocycles. The van der Waals surface area contributed by atoms with Crippen LogP contribution < -0.4 is 0 Å². The zero-order valence-corrected chi connectivity index (χ0v) is 15.9. The minimum Gasteiger partial charge on any atom is -0.451 e. The largest absolute Gasteiger partial charge is 0.451 e. The van der Waals surface area contributed by atoms with Crippen LogP contribution in [-0.4, -0.2) is 57.7 Å². The smallest absolute Gasteiger partial charge is 0.430 e. The van der Waals surface area contributed by atoms with Gasteiger partial charge in [0.1, 0.15) is 0 Å². The van der Waals surface area contributed by atoms with Crippen LogP contribution in [0.5, 0.6) is 0 Å². The highest BCUT2D eigenvalue weighted by molar-refractivity contribution is 5.87. The standard InChI is InChI=1S/C16H16F12O4/c1-7(2)9(29)32-10(12(31,15(23,24)25)16(26,27)28)6-4-3-5-8(10)11(30,13(17,18)19)14(20,21)22/h8,30-31H,1,3-6H2,2H3. The molecule has 0 aromatic carbocycles. The number of halogens is 12. The van der Waals surface area contributed by atoms with Crippen molar-refractivity contribution in [3.8, 4) is 0 Å². The fraction of sp³-hybridized carbons (Fsp3) is 0.812. The third-order valence-corrected chi connectivity index (χ3v) is 5.28. The fourth-order valence-electron chi connectivity index (χ4n) is 3.77. The van der Waals surface area contributed by atoms with Gasteiger partial charge >= 0.3 is 30.7 Å². The van der Waals surface area contributed by atoms with Crippen LogP contribution in [0.3, 0.4) is 0 Å². The Labute approximate surface area is 171 Å². The molecule has 2 unspecified atom stereocenters. The predicted molar refractivity (Wildman–Crippen MR) is 79.7 cm³/mol. The van der Waals surface area contributed by atoms with Crippen molar-refractivity contribution in [3.63, 3.8) is 0 Å². The van der Waals surface area contributed by atoms with Crippen molar-refractivity contribution in [2.75, 3.05) is 0 Å². The Morgan fingerprint density at radius 1 is 0.844 bits per heavy atom. The summed E-state index contributed by atoms with van der Waals surface area (Å²) in [6.07, 6.45) is -33.2. The summed E-state index contributed by atoms with van der Waals surface area (Å²) in [5.74, 6) is -6.39. The molecular formula is C16H16F12O4. The molecule has 0 radical (unpaired) electrons. The molecular weight excluding hydrogens is 484 g/mol. The van der Waals surface area contributed by atoms with Gasteiger partial charge in [-0.05, 0) is 26.2 Å². The first-order valence-electron chi connectivity index (χ1n) is 8.52. The van der Waals surface area contributed by atoms with Gasteiger partial charge in [0, 0.05) is 11.5 Å². The maximum absolute atomic E-state index is 13.6. The molecule has 0 saturated heterocycles. The number of alkyl halides is 12. The van der Waals surface area contributed by atoms with Gasteiger partial charge < -0.3 is 14.9 Å². The van der Waals surface area contributed by atoms with E-state index in [0.29, 0.717) is 6.92 Å². The monoisotopic (exact) mass is 500 g/mol. The summed E-state index contributed by atoms with van der Waals surface area (Å²) in [7, 11) is 0. The summed E-state index contributed by atoms with van der Waals surface area (Å²) >= 11 is 0. The van der Waals surface area contributed by atoms with Crippen LogP contribution in [0.2, 0.25) is 0 Å². The van der Waals surface area contributed by atoms with E-state index in [2.05, 4.69) is 11.3 Å². The van der Waals surface area contributed by atoms with E-state index >= 15 is 0 Å². The number of carbonyl (C=O) groups excluding carboxylic acids is 1. The molecule has 1 fully saturated rings. The van der Waals surface area contributed by atoms with Gasteiger partial charge in [0.2, 0.25) is 0 Å². The summed E-state index contributed by atoms with van der Waals surface area (Å²) in [6, 6.07) is 0. The normalized spacial score (nSPS) is 24.3. The van der Waals surface area contributed by atoms with Crippen LogP contribution in [0.15, 0.2) is 12.2 Å². The summed E-state index contributed by atoms with van der Waals surface area (Å²) in [5, 5.41) is 19.5. The van der Waals surface area contributed by atoms with Crippen molar-refractivity contribution in [3.05, 3.63) is 12.2 Å². The zero-order valence-electron chi connectivity index (χ0n) is 15.9. The van der Waals surface area contributed by atoms with Gasteiger partial charge in [-0.1, -0.05) is 13.0 Å². The highest BCUT2D eigenvalue weighted by Gasteiger charge is 2.88. The molecule has 0 amide bonds. The average Bonchev–Trinajstić information content (AvgIpc) is 2.56. The van der Waals surface area contributed by atoms with Crippen molar-refractivity contribution in [1.82, 2.24) is 0 Å². The number of hydrogen-bond acceptors (Lipinski definition) is 4. The Morgan fingerprint density at radius 3 is 1.56 bits per heavy atom. The van der Waals surface area contributed by atoms with Crippen molar-refractivity contribution in [1.29, 1.82) is 0 Å². The van der Waals surface area contributed by atoms with Gasteiger partial charge in [0.05, 0.1) is 0 Å². The van der Waals surface area contributed by atoms with E-state index in [1.165, 1.54) is 0 Å². The molecule has 188 valence electrons. The first kappa shape index (κ1) is 28.3. The zero-order chi connectivity index (χ0) is 25.8. The van der Waals surface area contributed by atoms with Gasteiger partial charge in [-0.25, -0.2) is 4.79 Å². The molecule has 0 aromatic heterocycles. The Morgan fingerprint density at radius 2 is 1.25 bits per heavy atom. The average molecular weight is 500 g/mol. The van der Waals surface area contributed by atoms with Crippen molar-refractivity contribution >= 4 is 5.97 Å².